The molecule has 0 saturated carbocycles. The van der Waals surface area contributed by atoms with Crippen LogP contribution in [0.25, 0.3) is 0 Å². The summed E-state index contributed by atoms with van der Waals surface area (Å²) in [5, 5.41) is 0. The first-order valence-corrected chi connectivity index (χ1v) is 5.43. The third-order valence-corrected chi connectivity index (χ3v) is 2.44. The van der Waals surface area contributed by atoms with Crippen molar-refractivity contribution in [2.75, 3.05) is 5.73 Å². The van der Waals surface area contributed by atoms with E-state index < -0.39 is 5.97 Å². The van der Waals surface area contributed by atoms with Gasteiger partial charge in [0.2, 0.25) is 0 Å². The highest BCUT2D eigenvalue weighted by Gasteiger charge is 2.10. The monoisotopic (exact) mass is 245 g/mol. The quantitative estimate of drug-likeness (QED) is 0.668. The maximum absolute atomic E-state index is 12.9. The average Bonchev–Trinajstić information content (AvgIpc) is 2.37. The molecule has 0 saturated heterocycles. The van der Waals surface area contributed by atoms with Crippen LogP contribution in [0.15, 0.2) is 48.5 Å². The summed E-state index contributed by atoms with van der Waals surface area (Å²) < 4.78 is 18.0. The van der Waals surface area contributed by atoms with Gasteiger partial charge in [0.1, 0.15) is 12.4 Å². The van der Waals surface area contributed by atoms with Crippen molar-refractivity contribution in [2.45, 2.75) is 6.61 Å². The van der Waals surface area contributed by atoms with Crippen molar-refractivity contribution in [1.29, 1.82) is 0 Å². The Morgan fingerprint density at radius 3 is 2.67 bits per heavy atom. The number of carbonyl (C=O) groups excluding carboxylic acids is 1. The fourth-order valence-corrected chi connectivity index (χ4v) is 1.54. The van der Waals surface area contributed by atoms with Crippen molar-refractivity contribution in [1.82, 2.24) is 0 Å². The van der Waals surface area contributed by atoms with Gasteiger partial charge in [-0.2, -0.15) is 0 Å². The molecule has 0 unspecified atom stereocenters. The van der Waals surface area contributed by atoms with Gasteiger partial charge in [-0.25, -0.2) is 9.18 Å². The Kier molecular flexibility index (Phi) is 3.57. The van der Waals surface area contributed by atoms with Crippen LogP contribution < -0.4 is 5.73 Å². The zero-order valence-corrected chi connectivity index (χ0v) is 9.60. The van der Waals surface area contributed by atoms with E-state index >= 15 is 0 Å². The molecule has 0 fully saturated rings. The summed E-state index contributed by atoms with van der Waals surface area (Å²) in [5.41, 5.74) is 6.93. The highest BCUT2D eigenvalue weighted by Crippen LogP contribution is 2.13. The number of nitrogens with two attached hydrogens (primary N) is 1. The summed E-state index contributed by atoms with van der Waals surface area (Å²) in [6.07, 6.45) is 0. The summed E-state index contributed by atoms with van der Waals surface area (Å²) in [6.45, 7) is 0.0188. The molecular formula is C14H12FNO2. The Balaban J connectivity index is 2.03. The van der Waals surface area contributed by atoms with Gasteiger partial charge in [0.25, 0.3) is 0 Å². The number of para-hydroxylation sites is 1. The third kappa shape index (κ3) is 2.85. The van der Waals surface area contributed by atoms with Crippen LogP contribution in [0, 0.1) is 5.82 Å². The normalized spacial score (nSPS) is 10.1. The summed E-state index contributed by atoms with van der Waals surface area (Å²) in [7, 11) is 0. The SMILES string of the molecule is Nc1ccccc1C(=O)OCc1cccc(F)c1. The molecule has 3 nitrogen and oxygen atoms in total. The molecule has 2 N–H and O–H groups in total. The second kappa shape index (κ2) is 5.31. The zero-order chi connectivity index (χ0) is 13.0. The van der Waals surface area contributed by atoms with E-state index in [-0.39, 0.29) is 12.4 Å². The van der Waals surface area contributed by atoms with Gasteiger partial charge in [0, 0.05) is 5.69 Å². The van der Waals surface area contributed by atoms with Crippen LogP contribution in [0.5, 0.6) is 0 Å². The van der Waals surface area contributed by atoms with Crippen LogP contribution in [0.3, 0.4) is 0 Å². The highest BCUT2D eigenvalue weighted by molar-refractivity contribution is 5.94. The molecule has 2 aromatic carbocycles. The van der Waals surface area contributed by atoms with Crippen molar-refractivity contribution in [3.63, 3.8) is 0 Å². The molecule has 0 amide bonds. The number of ether oxygens (including phenoxy) is 1. The Labute approximate surface area is 104 Å². The fraction of sp³-hybridized carbons (Fsp3) is 0.0714. The van der Waals surface area contributed by atoms with Gasteiger partial charge in [-0.3, -0.25) is 0 Å². The number of halogens is 1. The first kappa shape index (κ1) is 12.1. The summed E-state index contributed by atoms with van der Waals surface area (Å²) in [5.74, 6) is -0.875. The van der Waals surface area contributed by atoms with Crippen molar-refractivity contribution >= 4 is 11.7 Å². The first-order chi connectivity index (χ1) is 8.66. The van der Waals surface area contributed by atoms with Gasteiger partial charge in [-0.15, -0.1) is 0 Å². The van der Waals surface area contributed by atoms with E-state index in [0.717, 1.165) is 0 Å². The van der Waals surface area contributed by atoms with E-state index in [2.05, 4.69) is 0 Å². The summed E-state index contributed by atoms with van der Waals surface area (Å²) in [6, 6.07) is 12.6. The predicted octanol–water partition coefficient (Wildman–Crippen LogP) is 2.76. The lowest BCUT2D eigenvalue weighted by molar-refractivity contribution is 0.0473. The molecule has 0 aliphatic rings. The van der Waals surface area contributed by atoms with Crippen LogP contribution in [0.1, 0.15) is 15.9 Å². The van der Waals surface area contributed by atoms with Crippen LogP contribution in [0.4, 0.5) is 10.1 Å². The van der Waals surface area contributed by atoms with Crippen LogP contribution in [-0.4, -0.2) is 5.97 Å². The maximum atomic E-state index is 12.9. The molecule has 18 heavy (non-hydrogen) atoms. The Morgan fingerprint density at radius 2 is 1.94 bits per heavy atom. The number of benzene rings is 2. The van der Waals surface area contributed by atoms with E-state index in [9.17, 15) is 9.18 Å². The van der Waals surface area contributed by atoms with Crippen LogP contribution in [-0.2, 0) is 11.3 Å². The van der Waals surface area contributed by atoms with Gasteiger partial charge < -0.3 is 10.5 Å². The van der Waals surface area contributed by atoms with E-state index in [1.54, 1.807) is 36.4 Å². The molecule has 0 aromatic heterocycles. The summed E-state index contributed by atoms with van der Waals surface area (Å²) in [4.78, 5) is 11.7. The van der Waals surface area contributed by atoms with E-state index in [0.29, 0.717) is 16.8 Å². The Morgan fingerprint density at radius 1 is 1.17 bits per heavy atom. The van der Waals surface area contributed by atoms with Gasteiger partial charge in [-0.1, -0.05) is 24.3 Å². The molecule has 92 valence electrons. The number of anilines is 1. The summed E-state index contributed by atoms with van der Waals surface area (Å²) >= 11 is 0. The number of rotatable bonds is 3. The molecule has 4 heteroatoms. The second-order valence-electron chi connectivity index (χ2n) is 3.79. The molecule has 2 rings (SSSR count). The van der Waals surface area contributed by atoms with Crippen molar-refractivity contribution in [3.8, 4) is 0 Å². The topological polar surface area (TPSA) is 52.3 Å². The molecule has 0 spiro atoms. The van der Waals surface area contributed by atoms with Gasteiger partial charge >= 0.3 is 5.97 Å². The lowest BCUT2D eigenvalue weighted by atomic mass is 10.2. The zero-order valence-electron chi connectivity index (χ0n) is 9.60. The molecule has 2 aromatic rings. The number of hydrogen-bond acceptors (Lipinski definition) is 3. The smallest absolute Gasteiger partial charge is 0.340 e. The number of nitrogen functional groups attached to an aromatic ring is 1. The third-order valence-electron chi connectivity index (χ3n) is 2.44. The van der Waals surface area contributed by atoms with Gasteiger partial charge in [-0.05, 0) is 29.8 Å². The molecule has 0 radical (unpaired) electrons. The van der Waals surface area contributed by atoms with E-state index in [1.807, 2.05) is 0 Å². The van der Waals surface area contributed by atoms with Crippen LogP contribution >= 0.6 is 0 Å². The van der Waals surface area contributed by atoms with Crippen molar-refractivity contribution in [2.24, 2.45) is 0 Å². The molecule has 0 atom stereocenters. The van der Waals surface area contributed by atoms with E-state index in [4.69, 9.17) is 10.5 Å². The number of esters is 1. The molecule has 0 aliphatic carbocycles. The minimum absolute atomic E-state index is 0.0188. The minimum atomic E-state index is -0.516. The standard InChI is InChI=1S/C14H12FNO2/c15-11-5-3-4-10(8-11)9-18-14(17)12-6-1-2-7-13(12)16/h1-8H,9,16H2. The van der Waals surface area contributed by atoms with E-state index in [1.165, 1.54) is 12.1 Å². The number of hydrogen-bond donors (Lipinski definition) is 1. The maximum Gasteiger partial charge on any atom is 0.340 e. The molecule has 0 aliphatic heterocycles. The average molecular weight is 245 g/mol. The van der Waals surface area contributed by atoms with Crippen LogP contribution in [0.2, 0.25) is 0 Å². The minimum Gasteiger partial charge on any atom is -0.457 e. The predicted molar refractivity (Wildman–Crippen MR) is 66.4 cm³/mol. The fourth-order valence-electron chi connectivity index (χ4n) is 1.54. The Hall–Kier alpha value is -2.36. The lowest BCUT2D eigenvalue weighted by Gasteiger charge is -2.06. The van der Waals surface area contributed by atoms with Gasteiger partial charge in [0.05, 0.1) is 5.56 Å². The highest BCUT2D eigenvalue weighted by atomic mass is 19.1. The molecule has 0 heterocycles. The number of carbonyl (C=O) groups is 1. The van der Waals surface area contributed by atoms with Crippen molar-refractivity contribution < 1.29 is 13.9 Å². The Bertz CT molecular complexity index is 569. The first-order valence-electron chi connectivity index (χ1n) is 5.43. The lowest BCUT2D eigenvalue weighted by Crippen LogP contribution is -2.08. The molecule has 0 bridgehead atoms. The van der Waals surface area contributed by atoms with Gasteiger partial charge in [0.15, 0.2) is 0 Å². The second-order valence-corrected chi connectivity index (χ2v) is 3.79. The molecular weight excluding hydrogens is 233 g/mol. The largest absolute Gasteiger partial charge is 0.457 e. The van der Waals surface area contributed by atoms with Crippen molar-refractivity contribution in [3.05, 3.63) is 65.5 Å².